The molecule has 1 unspecified atom stereocenters. The predicted molar refractivity (Wildman–Crippen MR) is 68.4 cm³/mol. The standard InChI is InChI=1S/C15H23N/c1-3-13-6-4-7-14(10-13)11-15-8-5-9-16-12(15)2/h5,8-9,13-14H,3-4,6-7,10-11H2,1-2H3/t13-,14?/m1/s1. The SMILES string of the molecule is CC[C@@H]1CCCC(Cc2cccnc2C)C1. The molecule has 1 aromatic heterocycles. The molecule has 2 atom stereocenters. The van der Waals surface area contributed by atoms with Crippen molar-refractivity contribution in [3.8, 4) is 0 Å². The first kappa shape index (κ1) is 11.6. The van der Waals surface area contributed by atoms with Crippen LogP contribution in [0.2, 0.25) is 0 Å². The molecule has 1 aliphatic carbocycles. The molecule has 0 aromatic carbocycles. The van der Waals surface area contributed by atoms with E-state index in [-0.39, 0.29) is 0 Å². The van der Waals surface area contributed by atoms with Crippen LogP contribution in [0.3, 0.4) is 0 Å². The van der Waals surface area contributed by atoms with E-state index in [0.29, 0.717) is 0 Å². The van der Waals surface area contributed by atoms with Crippen molar-refractivity contribution in [1.29, 1.82) is 0 Å². The predicted octanol–water partition coefficient (Wildman–Crippen LogP) is 4.15. The monoisotopic (exact) mass is 217 g/mol. The van der Waals surface area contributed by atoms with E-state index >= 15 is 0 Å². The second-order valence-corrected chi connectivity index (χ2v) is 5.26. The second kappa shape index (κ2) is 5.47. The van der Waals surface area contributed by atoms with Crippen molar-refractivity contribution in [2.24, 2.45) is 11.8 Å². The van der Waals surface area contributed by atoms with Crippen LogP contribution in [-0.4, -0.2) is 4.98 Å². The number of aryl methyl sites for hydroxylation is 1. The third-order valence-corrected chi connectivity index (χ3v) is 4.09. The molecule has 1 saturated carbocycles. The third kappa shape index (κ3) is 2.84. The Morgan fingerprint density at radius 2 is 2.12 bits per heavy atom. The highest BCUT2D eigenvalue weighted by Gasteiger charge is 2.21. The zero-order valence-corrected chi connectivity index (χ0v) is 10.6. The Morgan fingerprint density at radius 3 is 2.88 bits per heavy atom. The van der Waals surface area contributed by atoms with Gasteiger partial charge >= 0.3 is 0 Å². The molecule has 88 valence electrons. The van der Waals surface area contributed by atoms with Gasteiger partial charge in [-0.2, -0.15) is 0 Å². The van der Waals surface area contributed by atoms with Gasteiger partial charge in [-0.25, -0.2) is 0 Å². The van der Waals surface area contributed by atoms with Gasteiger partial charge < -0.3 is 0 Å². The van der Waals surface area contributed by atoms with Gasteiger partial charge in [-0.15, -0.1) is 0 Å². The van der Waals surface area contributed by atoms with Crippen molar-refractivity contribution in [2.45, 2.75) is 52.4 Å². The van der Waals surface area contributed by atoms with E-state index in [9.17, 15) is 0 Å². The van der Waals surface area contributed by atoms with Crippen LogP contribution >= 0.6 is 0 Å². The lowest BCUT2D eigenvalue weighted by molar-refractivity contribution is 0.259. The fourth-order valence-corrected chi connectivity index (χ4v) is 3.00. The third-order valence-electron chi connectivity index (χ3n) is 4.09. The lowest BCUT2D eigenvalue weighted by Gasteiger charge is -2.28. The zero-order chi connectivity index (χ0) is 11.4. The highest BCUT2D eigenvalue weighted by Crippen LogP contribution is 2.33. The van der Waals surface area contributed by atoms with Crippen LogP contribution in [0.1, 0.15) is 50.3 Å². The largest absolute Gasteiger partial charge is 0.261 e. The molecule has 1 aliphatic rings. The summed E-state index contributed by atoms with van der Waals surface area (Å²) < 4.78 is 0. The van der Waals surface area contributed by atoms with Crippen molar-refractivity contribution in [1.82, 2.24) is 4.98 Å². The summed E-state index contributed by atoms with van der Waals surface area (Å²) in [6.45, 7) is 4.47. The smallest absolute Gasteiger partial charge is 0.0404 e. The molecule has 0 bridgehead atoms. The minimum atomic E-state index is 0.904. The first-order chi connectivity index (χ1) is 7.79. The minimum absolute atomic E-state index is 0.904. The van der Waals surface area contributed by atoms with Crippen LogP contribution in [-0.2, 0) is 6.42 Å². The number of aromatic nitrogens is 1. The van der Waals surface area contributed by atoms with E-state index < -0.39 is 0 Å². The molecular weight excluding hydrogens is 194 g/mol. The summed E-state index contributed by atoms with van der Waals surface area (Å²) in [7, 11) is 0. The van der Waals surface area contributed by atoms with Crippen molar-refractivity contribution < 1.29 is 0 Å². The van der Waals surface area contributed by atoms with Crippen LogP contribution in [0.15, 0.2) is 18.3 Å². The van der Waals surface area contributed by atoms with Gasteiger partial charge in [0.2, 0.25) is 0 Å². The molecule has 0 radical (unpaired) electrons. The summed E-state index contributed by atoms with van der Waals surface area (Å²) in [5.41, 5.74) is 2.69. The maximum Gasteiger partial charge on any atom is 0.0404 e. The average Bonchev–Trinajstić information content (AvgIpc) is 2.32. The first-order valence-electron chi connectivity index (χ1n) is 6.70. The Morgan fingerprint density at radius 1 is 1.31 bits per heavy atom. The Balaban J connectivity index is 1.97. The summed E-state index contributed by atoms with van der Waals surface area (Å²) in [5.74, 6) is 1.89. The summed E-state index contributed by atoms with van der Waals surface area (Å²) in [4.78, 5) is 4.38. The van der Waals surface area contributed by atoms with Gasteiger partial charge in [-0.3, -0.25) is 4.98 Å². The van der Waals surface area contributed by atoms with E-state index in [1.165, 1.54) is 49.8 Å². The van der Waals surface area contributed by atoms with Gasteiger partial charge in [0.1, 0.15) is 0 Å². The molecule has 1 fully saturated rings. The lowest BCUT2D eigenvalue weighted by atomic mass is 9.77. The van der Waals surface area contributed by atoms with E-state index in [2.05, 4.69) is 31.0 Å². The molecule has 1 aromatic rings. The van der Waals surface area contributed by atoms with Gasteiger partial charge in [0.25, 0.3) is 0 Å². The van der Waals surface area contributed by atoms with E-state index in [1.807, 2.05) is 6.20 Å². The Bertz CT molecular complexity index is 332. The van der Waals surface area contributed by atoms with Gasteiger partial charge in [0, 0.05) is 11.9 Å². The van der Waals surface area contributed by atoms with E-state index in [4.69, 9.17) is 0 Å². The number of pyridine rings is 1. The summed E-state index contributed by atoms with van der Waals surface area (Å²) >= 11 is 0. The molecular formula is C15H23N. The average molecular weight is 217 g/mol. The van der Waals surface area contributed by atoms with Gasteiger partial charge in [-0.05, 0) is 43.2 Å². The number of hydrogen-bond donors (Lipinski definition) is 0. The molecule has 0 aliphatic heterocycles. The van der Waals surface area contributed by atoms with Crippen molar-refractivity contribution >= 4 is 0 Å². The fourth-order valence-electron chi connectivity index (χ4n) is 3.00. The van der Waals surface area contributed by atoms with Crippen molar-refractivity contribution in [2.75, 3.05) is 0 Å². The van der Waals surface area contributed by atoms with Crippen LogP contribution in [0.5, 0.6) is 0 Å². The lowest BCUT2D eigenvalue weighted by Crippen LogP contribution is -2.17. The molecule has 1 heteroatoms. The molecule has 0 spiro atoms. The Kier molecular flexibility index (Phi) is 3.98. The summed E-state index contributed by atoms with van der Waals surface area (Å²) in [6, 6.07) is 4.32. The molecule has 0 saturated heterocycles. The molecule has 2 rings (SSSR count). The summed E-state index contributed by atoms with van der Waals surface area (Å²) in [5, 5.41) is 0. The molecule has 1 nitrogen and oxygen atoms in total. The Labute approximate surface area is 99.3 Å². The van der Waals surface area contributed by atoms with Gasteiger partial charge in [0.15, 0.2) is 0 Å². The van der Waals surface area contributed by atoms with Crippen LogP contribution in [0.25, 0.3) is 0 Å². The number of nitrogens with zero attached hydrogens (tertiary/aromatic N) is 1. The molecule has 1 heterocycles. The van der Waals surface area contributed by atoms with E-state index in [1.54, 1.807) is 0 Å². The normalized spacial score (nSPS) is 25.6. The molecule has 0 amide bonds. The quantitative estimate of drug-likeness (QED) is 0.741. The zero-order valence-electron chi connectivity index (χ0n) is 10.6. The minimum Gasteiger partial charge on any atom is -0.261 e. The number of hydrogen-bond acceptors (Lipinski definition) is 1. The highest BCUT2D eigenvalue weighted by atomic mass is 14.7. The first-order valence-corrected chi connectivity index (χ1v) is 6.70. The van der Waals surface area contributed by atoms with E-state index in [0.717, 1.165) is 11.8 Å². The van der Waals surface area contributed by atoms with Gasteiger partial charge in [0.05, 0.1) is 0 Å². The summed E-state index contributed by atoms with van der Waals surface area (Å²) in [6.07, 6.45) is 10.3. The topological polar surface area (TPSA) is 12.9 Å². The highest BCUT2D eigenvalue weighted by molar-refractivity contribution is 5.18. The van der Waals surface area contributed by atoms with Crippen LogP contribution in [0.4, 0.5) is 0 Å². The maximum absolute atomic E-state index is 4.38. The molecule has 0 N–H and O–H groups in total. The molecule has 16 heavy (non-hydrogen) atoms. The number of rotatable bonds is 3. The van der Waals surface area contributed by atoms with Crippen LogP contribution < -0.4 is 0 Å². The van der Waals surface area contributed by atoms with Crippen molar-refractivity contribution in [3.63, 3.8) is 0 Å². The van der Waals surface area contributed by atoms with Crippen LogP contribution in [0, 0.1) is 18.8 Å². The Hall–Kier alpha value is -0.850. The van der Waals surface area contributed by atoms with Gasteiger partial charge in [-0.1, -0.05) is 38.7 Å². The second-order valence-electron chi connectivity index (χ2n) is 5.26. The fraction of sp³-hybridized carbons (Fsp3) is 0.667. The maximum atomic E-state index is 4.38. The van der Waals surface area contributed by atoms with Crippen molar-refractivity contribution in [3.05, 3.63) is 29.6 Å².